The molecule has 0 bridgehead atoms. The molecule has 2 aliphatic rings. The van der Waals surface area contributed by atoms with Crippen LogP contribution in [0, 0.1) is 17.3 Å². The summed E-state index contributed by atoms with van der Waals surface area (Å²) in [6.07, 6.45) is 11.1. The minimum absolute atomic E-state index is 0.344. The fraction of sp³-hybridized carbons (Fsp3) is 0.583. The molecule has 25 heavy (non-hydrogen) atoms. The predicted octanol–water partition coefficient (Wildman–Crippen LogP) is 7.41. The highest BCUT2D eigenvalue weighted by atomic mass is 32.2. The van der Waals surface area contributed by atoms with Crippen molar-refractivity contribution in [3.8, 4) is 0 Å². The van der Waals surface area contributed by atoms with Crippen molar-refractivity contribution in [1.82, 2.24) is 0 Å². The zero-order chi connectivity index (χ0) is 18.2. The molecule has 0 spiro atoms. The van der Waals surface area contributed by atoms with Crippen LogP contribution in [0.1, 0.15) is 76.1 Å². The van der Waals surface area contributed by atoms with E-state index in [1.54, 1.807) is 21.6 Å². The molecule has 0 saturated heterocycles. The summed E-state index contributed by atoms with van der Waals surface area (Å²) in [5.41, 5.74) is 7.92. The van der Waals surface area contributed by atoms with Crippen molar-refractivity contribution in [2.45, 2.75) is 71.6 Å². The Bertz CT molecular complexity index is 683. The lowest BCUT2D eigenvalue weighted by molar-refractivity contribution is 0.480. The van der Waals surface area contributed by atoms with Gasteiger partial charge >= 0.3 is 0 Å². The Labute approximate surface area is 159 Å². The fourth-order valence-electron chi connectivity index (χ4n) is 3.81. The van der Waals surface area contributed by atoms with Crippen LogP contribution in [0.15, 0.2) is 23.1 Å². The van der Waals surface area contributed by atoms with E-state index in [1.165, 1.54) is 49.0 Å². The molecule has 0 N–H and O–H groups in total. The summed E-state index contributed by atoms with van der Waals surface area (Å²) in [5.74, 6) is 2.82. The first kappa shape index (κ1) is 18.8. The number of allylic oxidation sites excluding steroid dienone is 1. The van der Waals surface area contributed by atoms with Gasteiger partial charge in [-0.3, -0.25) is 0 Å². The summed E-state index contributed by atoms with van der Waals surface area (Å²) < 4.78 is 0. The minimum Gasteiger partial charge on any atom is -0.125 e. The molecule has 1 aromatic carbocycles. The summed E-state index contributed by atoms with van der Waals surface area (Å²) in [4.78, 5) is 1.55. The zero-order valence-corrected chi connectivity index (χ0v) is 17.6. The quantitative estimate of drug-likeness (QED) is 0.479. The first-order valence-corrected chi connectivity index (χ1v) is 10.9. The van der Waals surface area contributed by atoms with E-state index in [0.29, 0.717) is 5.41 Å². The molecule has 0 amide bonds. The van der Waals surface area contributed by atoms with Crippen LogP contribution in [0.3, 0.4) is 0 Å². The van der Waals surface area contributed by atoms with Crippen LogP contribution < -0.4 is 0 Å². The lowest BCUT2D eigenvalue weighted by Crippen LogP contribution is -2.09. The Hall–Kier alpha value is -0.950. The van der Waals surface area contributed by atoms with E-state index in [9.17, 15) is 0 Å². The molecular formula is C24H34S. The van der Waals surface area contributed by atoms with Crippen molar-refractivity contribution in [1.29, 1.82) is 0 Å². The monoisotopic (exact) mass is 354 g/mol. The molecule has 1 atom stereocenters. The van der Waals surface area contributed by atoms with Gasteiger partial charge < -0.3 is 0 Å². The smallest absolute Gasteiger partial charge is 0.0185 e. The van der Waals surface area contributed by atoms with E-state index < -0.39 is 0 Å². The third-order valence-electron chi connectivity index (χ3n) is 5.59. The molecule has 0 aromatic heterocycles. The van der Waals surface area contributed by atoms with Gasteiger partial charge in [0.1, 0.15) is 0 Å². The third-order valence-corrected chi connectivity index (χ3v) is 7.35. The predicted molar refractivity (Wildman–Crippen MR) is 114 cm³/mol. The standard InChI is InChI=1S/C24H34S/c1-7-17-12-20-14-18(8-2)21(11-16(3)19-9-10-19)23(22(20)13-17)25-15-24(4,5)6/h8,11,14,17,19H,2,7,9-10,12-13,15H2,1,3-6H3/b16-11+. The molecule has 0 radical (unpaired) electrons. The molecule has 2 aliphatic carbocycles. The molecule has 1 saturated carbocycles. The maximum Gasteiger partial charge on any atom is 0.0185 e. The number of benzene rings is 1. The van der Waals surface area contributed by atoms with Crippen molar-refractivity contribution in [3.63, 3.8) is 0 Å². The van der Waals surface area contributed by atoms with Gasteiger partial charge in [0.25, 0.3) is 0 Å². The molecule has 1 fully saturated rings. The second kappa shape index (κ2) is 7.35. The molecule has 0 aliphatic heterocycles. The topological polar surface area (TPSA) is 0 Å². The van der Waals surface area contributed by atoms with Gasteiger partial charge in [0.2, 0.25) is 0 Å². The van der Waals surface area contributed by atoms with Gasteiger partial charge in [-0.15, -0.1) is 11.8 Å². The average Bonchev–Trinajstić information content (AvgIpc) is 3.32. The Morgan fingerprint density at radius 2 is 2.00 bits per heavy atom. The Balaban J connectivity index is 2.07. The van der Waals surface area contributed by atoms with E-state index in [4.69, 9.17) is 0 Å². The van der Waals surface area contributed by atoms with Crippen LogP contribution in [0.4, 0.5) is 0 Å². The Morgan fingerprint density at radius 1 is 1.28 bits per heavy atom. The summed E-state index contributed by atoms with van der Waals surface area (Å²) in [6.45, 7) is 15.8. The van der Waals surface area contributed by atoms with Crippen molar-refractivity contribution in [2.75, 3.05) is 5.75 Å². The molecule has 1 unspecified atom stereocenters. The normalized spacial score (nSPS) is 20.7. The lowest BCUT2D eigenvalue weighted by Gasteiger charge is -2.21. The largest absolute Gasteiger partial charge is 0.125 e. The highest BCUT2D eigenvalue weighted by Gasteiger charge is 2.28. The average molecular weight is 355 g/mol. The number of fused-ring (bicyclic) bond motifs is 1. The van der Waals surface area contributed by atoms with Gasteiger partial charge in [-0.25, -0.2) is 0 Å². The van der Waals surface area contributed by atoms with E-state index in [0.717, 1.165) is 11.8 Å². The molecule has 0 heterocycles. The van der Waals surface area contributed by atoms with Gasteiger partial charge in [0, 0.05) is 10.6 Å². The van der Waals surface area contributed by atoms with Crippen LogP contribution in [0.2, 0.25) is 0 Å². The highest BCUT2D eigenvalue weighted by molar-refractivity contribution is 7.99. The van der Waals surface area contributed by atoms with Gasteiger partial charge in [-0.05, 0) is 72.1 Å². The first-order chi connectivity index (χ1) is 11.8. The van der Waals surface area contributed by atoms with E-state index in [1.807, 2.05) is 0 Å². The van der Waals surface area contributed by atoms with E-state index in [2.05, 4.69) is 71.2 Å². The molecule has 136 valence electrons. The van der Waals surface area contributed by atoms with Gasteiger partial charge in [-0.1, -0.05) is 64.5 Å². The van der Waals surface area contributed by atoms with Crippen LogP contribution in [-0.2, 0) is 12.8 Å². The number of hydrogen-bond acceptors (Lipinski definition) is 1. The Kier molecular flexibility index (Phi) is 5.54. The molecular weight excluding hydrogens is 320 g/mol. The van der Waals surface area contributed by atoms with Crippen LogP contribution >= 0.6 is 11.8 Å². The minimum atomic E-state index is 0.344. The number of thioether (sulfide) groups is 1. The summed E-state index contributed by atoms with van der Waals surface area (Å²) in [5, 5.41) is 0. The fourth-order valence-corrected chi connectivity index (χ4v) is 5.11. The van der Waals surface area contributed by atoms with Gasteiger partial charge in [-0.2, -0.15) is 0 Å². The van der Waals surface area contributed by atoms with Gasteiger partial charge in [0.05, 0.1) is 0 Å². The van der Waals surface area contributed by atoms with Crippen LogP contribution in [-0.4, -0.2) is 5.75 Å². The number of hydrogen-bond donors (Lipinski definition) is 0. The van der Waals surface area contributed by atoms with Gasteiger partial charge in [0.15, 0.2) is 0 Å². The first-order valence-electron chi connectivity index (χ1n) is 9.94. The van der Waals surface area contributed by atoms with Crippen LogP contribution in [0.25, 0.3) is 12.2 Å². The third kappa shape index (κ3) is 4.42. The number of rotatable bonds is 6. The highest BCUT2D eigenvalue weighted by Crippen LogP contribution is 2.44. The van der Waals surface area contributed by atoms with E-state index >= 15 is 0 Å². The van der Waals surface area contributed by atoms with Crippen molar-refractivity contribution < 1.29 is 0 Å². The maximum atomic E-state index is 4.14. The van der Waals surface area contributed by atoms with Crippen LogP contribution in [0.5, 0.6) is 0 Å². The Morgan fingerprint density at radius 3 is 2.56 bits per heavy atom. The summed E-state index contributed by atoms with van der Waals surface area (Å²) >= 11 is 2.08. The second-order valence-electron chi connectivity index (χ2n) is 9.24. The molecule has 3 rings (SSSR count). The van der Waals surface area contributed by atoms with Crippen molar-refractivity contribution in [2.24, 2.45) is 17.3 Å². The second-order valence-corrected chi connectivity index (χ2v) is 10.2. The molecule has 0 nitrogen and oxygen atoms in total. The zero-order valence-electron chi connectivity index (χ0n) is 16.7. The lowest BCUT2D eigenvalue weighted by atomic mass is 9.97. The van der Waals surface area contributed by atoms with E-state index in [-0.39, 0.29) is 0 Å². The van der Waals surface area contributed by atoms with Crippen molar-refractivity contribution >= 4 is 23.9 Å². The van der Waals surface area contributed by atoms with Crippen molar-refractivity contribution in [3.05, 3.63) is 40.5 Å². The summed E-state index contributed by atoms with van der Waals surface area (Å²) in [7, 11) is 0. The molecule has 1 aromatic rings. The SMILES string of the molecule is C=Cc1cc2c(c(SCC(C)(C)C)c1/C=C(\C)C1CC1)CC(CC)C2. The molecule has 1 heteroatoms. The summed E-state index contributed by atoms with van der Waals surface area (Å²) in [6, 6.07) is 2.44. The maximum absolute atomic E-state index is 4.14.